The average Bonchev–Trinajstić information content (AvgIpc) is 2.95. The van der Waals surface area contributed by atoms with Gasteiger partial charge in [-0.25, -0.2) is 14.5 Å². The molecule has 0 aliphatic carbocycles. The van der Waals surface area contributed by atoms with Crippen LogP contribution in [-0.4, -0.2) is 37.5 Å². The van der Waals surface area contributed by atoms with E-state index in [1.807, 2.05) is 13.8 Å². The summed E-state index contributed by atoms with van der Waals surface area (Å²) in [6.07, 6.45) is 0. The molecule has 0 unspecified atom stereocenters. The first kappa shape index (κ1) is 19.3. The lowest BCUT2D eigenvalue weighted by atomic mass is 10.1. The molecule has 144 valence electrons. The van der Waals surface area contributed by atoms with Crippen LogP contribution in [0.15, 0.2) is 42.5 Å². The van der Waals surface area contributed by atoms with Crippen LogP contribution in [0.3, 0.4) is 0 Å². The summed E-state index contributed by atoms with van der Waals surface area (Å²) in [5, 5.41) is 0. The van der Waals surface area contributed by atoms with Crippen molar-refractivity contribution in [2.45, 2.75) is 13.8 Å². The number of anilines is 1. The molecule has 0 atom stereocenters. The van der Waals surface area contributed by atoms with Gasteiger partial charge in [0.05, 0.1) is 41.7 Å². The van der Waals surface area contributed by atoms with E-state index in [4.69, 9.17) is 4.74 Å². The smallest absolute Gasteiger partial charge is 0.338 e. The summed E-state index contributed by atoms with van der Waals surface area (Å²) in [5.41, 5.74) is 1.18. The van der Waals surface area contributed by atoms with E-state index >= 15 is 0 Å². The maximum absolute atomic E-state index is 12.7. The summed E-state index contributed by atoms with van der Waals surface area (Å²) in [4.78, 5) is 50.1. The quantitative estimate of drug-likeness (QED) is 0.584. The van der Waals surface area contributed by atoms with Crippen molar-refractivity contribution in [3.05, 3.63) is 64.7 Å². The first-order valence-corrected chi connectivity index (χ1v) is 8.71. The third kappa shape index (κ3) is 3.51. The highest BCUT2D eigenvalue weighted by atomic mass is 16.5. The van der Waals surface area contributed by atoms with Crippen LogP contribution in [0.4, 0.5) is 5.69 Å². The van der Waals surface area contributed by atoms with Crippen molar-refractivity contribution >= 4 is 29.4 Å². The SMILES string of the molecule is COC(=O)c1ccc2c(c1)C(=O)N(c1ccc(C(=O)OCC(C)C)cc1)C2=O. The topological polar surface area (TPSA) is 90.0 Å². The van der Waals surface area contributed by atoms with Gasteiger partial charge in [0.2, 0.25) is 0 Å². The van der Waals surface area contributed by atoms with Crippen molar-refractivity contribution < 1.29 is 28.7 Å². The highest BCUT2D eigenvalue weighted by molar-refractivity contribution is 6.34. The Bertz CT molecular complexity index is 961. The van der Waals surface area contributed by atoms with Crippen LogP contribution < -0.4 is 4.90 Å². The van der Waals surface area contributed by atoms with E-state index in [2.05, 4.69) is 4.74 Å². The highest BCUT2D eigenvalue weighted by Crippen LogP contribution is 2.29. The second kappa shape index (κ2) is 7.64. The molecular formula is C21H19NO6. The van der Waals surface area contributed by atoms with Gasteiger partial charge in [0.15, 0.2) is 0 Å². The molecule has 0 radical (unpaired) electrons. The Labute approximate surface area is 161 Å². The van der Waals surface area contributed by atoms with Crippen LogP contribution in [0.2, 0.25) is 0 Å². The van der Waals surface area contributed by atoms with E-state index in [-0.39, 0.29) is 22.6 Å². The van der Waals surface area contributed by atoms with E-state index in [0.29, 0.717) is 17.9 Å². The maximum Gasteiger partial charge on any atom is 0.338 e. The Morgan fingerprint density at radius 2 is 1.50 bits per heavy atom. The Hall–Kier alpha value is -3.48. The van der Waals surface area contributed by atoms with Crippen LogP contribution in [0, 0.1) is 5.92 Å². The third-order valence-electron chi connectivity index (χ3n) is 4.22. The lowest BCUT2D eigenvalue weighted by Gasteiger charge is -2.14. The molecule has 7 heteroatoms. The molecule has 1 aliphatic heterocycles. The van der Waals surface area contributed by atoms with Crippen LogP contribution in [0.25, 0.3) is 0 Å². The molecule has 2 aromatic carbocycles. The van der Waals surface area contributed by atoms with Gasteiger partial charge in [-0.3, -0.25) is 9.59 Å². The molecule has 2 amide bonds. The monoisotopic (exact) mass is 381 g/mol. The molecule has 28 heavy (non-hydrogen) atoms. The Morgan fingerprint density at radius 1 is 0.893 bits per heavy atom. The number of rotatable bonds is 5. The zero-order valence-electron chi connectivity index (χ0n) is 15.7. The van der Waals surface area contributed by atoms with Crippen molar-refractivity contribution in [1.29, 1.82) is 0 Å². The standard InChI is InChI=1S/C21H19NO6/c1-12(2)11-28-21(26)13-4-7-15(8-5-13)22-18(23)16-9-6-14(20(25)27-3)10-17(16)19(22)24/h4-10,12H,11H2,1-3H3. The number of carbonyl (C=O) groups is 4. The van der Waals surface area contributed by atoms with Gasteiger partial charge >= 0.3 is 11.9 Å². The first-order chi connectivity index (χ1) is 13.3. The fourth-order valence-electron chi connectivity index (χ4n) is 2.79. The van der Waals surface area contributed by atoms with Gasteiger partial charge in [0, 0.05) is 0 Å². The van der Waals surface area contributed by atoms with Crippen LogP contribution in [-0.2, 0) is 9.47 Å². The largest absolute Gasteiger partial charge is 0.465 e. The van der Waals surface area contributed by atoms with E-state index in [9.17, 15) is 19.2 Å². The maximum atomic E-state index is 12.7. The Balaban J connectivity index is 1.84. The van der Waals surface area contributed by atoms with Gasteiger partial charge in [-0.2, -0.15) is 0 Å². The number of carbonyl (C=O) groups excluding carboxylic acids is 4. The molecule has 0 spiro atoms. The van der Waals surface area contributed by atoms with Gasteiger partial charge < -0.3 is 9.47 Å². The van der Waals surface area contributed by atoms with E-state index in [0.717, 1.165) is 4.90 Å². The predicted octanol–water partition coefficient (Wildman–Crippen LogP) is 3.09. The molecule has 3 rings (SSSR count). The van der Waals surface area contributed by atoms with Gasteiger partial charge in [-0.1, -0.05) is 13.8 Å². The zero-order valence-corrected chi connectivity index (χ0v) is 15.7. The number of imide groups is 1. The van der Waals surface area contributed by atoms with E-state index in [1.165, 1.54) is 49.6 Å². The predicted molar refractivity (Wildman–Crippen MR) is 100 cm³/mol. The first-order valence-electron chi connectivity index (χ1n) is 8.71. The van der Waals surface area contributed by atoms with Crippen LogP contribution in [0.5, 0.6) is 0 Å². The van der Waals surface area contributed by atoms with Crippen molar-refractivity contribution in [1.82, 2.24) is 0 Å². The number of benzene rings is 2. The summed E-state index contributed by atoms with van der Waals surface area (Å²) in [6.45, 7) is 4.18. The van der Waals surface area contributed by atoms with Crippen molar-refractivity contribution in [3.63, 3.8) is 0 Å². The molecule has 0 aromatic heterocycles. The number of esters is 2. The number of hydrogen-bond acceptors (Lipinski definition) is 6. The summed E-state index contributed by atoms with van der Waals surface area (Å²) in [5.74, 6) is -1.88. The minimum Gasteiger partial charge on any atom is -0.465 e. The summed E-state index contributed by atoms with van der Waals surface area (Å²) in [7, 11) is 1.24. The lowest BCUT2D eigenvalue weighted by Crippen LogP contribution is -2.29. The average molecular weight is 381 g/mol. The summed E-state index contributed by atoms with van der Waals surface area (Å²) in [6, 6.07) is 10.2. The Morgan fingerprint density at radius 3 is 2.11 bits per heavy atom. The van der Waals surface area contributed by atoms with Gasteiger partial charge in [-0.15, -0.1) is 0 Å². The zero-order chi connectivity index (χ0) is 20.4. The molecule has 7 nitrogen and oxygen atoms in total. The number of fused-ring (bicyclic) bond motifs is 1. The lowest BCUT2D eigenvalue weighted by molar-refractivity contribution is 0.0458. The number of methoxy groups -OCH3 is 1. The van der Waals surface area contributed by atoms with E-state index in [1.54, 1.807) is 0 Å². The van der Waals surface area contributed by atoms with E-state index < -0.39 is 23.8 Å². The molecule has 0 N–H and O–H groups in total. The third-order valence-corrected chi connectivity index (χ3v) is 4.22. The highest BCUT2D eigenvalue weighted by Gasteiger charge is 2.37. The molecule has 1 heterocycles. The number of hydrogen-bond donors (Lipinski definition) is 0. The minimum atomic E-state index is -0.592. The van der Waals surface area contributed by atoms with Gasteiger partial charge in [0.1, 0.15) is 0 Å². The minimum absolute atomic E-state index is 0.133. The summed E-state index contributed by atoms with van der Waals surface area (Å²) >= 11 is 0. The Kier molecular flexibility index (Phi) is 5.26. The number of ether oxygens (including phenoxy) is 2. The molecule has 0 saturated heterocycles. The molecule has 0 bridgehead atoms. The van der Waals surface area contributed by atoms with Crippen molar-refractivity contribution in [2.24, 2.45) is 5.92 Å². The van der Waals surface area contributed by atoms with Crippen LogP contribution >= 0.6 is 0 Å². The molecule has 0 fully saturated rings. The number of amides is 2. The van der Waals surface area contributed by atoms with Gasteiger partial charge in [-0.05, 0) is 48.4 Å². The van der Waals surface area contributed by atoms with Crippen molar-refractivity contribution in [3.8, 4) is 0 Å². The molecule has 0 saturated carbocycles. The summed E-state index contributed by atoms with van der Waals surface area (Å²) < 4.78 is 9.81. The fraction of sp³-hybridized carbons (Fsp3) is 0.238. The number of nitrogens with zero attached hydrogens (tertiary/aromatic N) is 1. The molecule has 1 aliphatic rings. The molecular weight excluding hydrogens is 362 g/mol. The second-order valence-corrected chi connectivity index (χ2v) is 6.74. The molecule has 2 aromatic rings. The fourth-order valence-corrected chi connectivity index (χ4v) is 2.79. The second-order valence-electron chi connectivity index (χ2n) is 6.74. The van der Waals surface area contributed by atoms with Crippen molar-refractivity contribution in [2.75, 3.05) is 18.6 Å². The normalized spacial score (nSPS) is 12.9. The van der Waals surface area contributed by atoms with Crippen LogP contribution in [0.1, 0.15) is 55.3 Å². The van der Waals surface area contributed by atoms with Gasteiger partial charge in [0.25, 0.3) is 11.8 Å².